The van der Waals surface area contributed by atoms with Gasteiger partial charge in [0.25, 0.3) is 0 Å². The number of nitrogens with one attached hydrogen (secondary N) is 2. The standard InChI is InChI=1S/C21H31N5/c1-5-16(3)22-21-23-17(4)14-20(25-21)24-18-6-8-19(9-7-18)26-12-10-15(2)11-13-26/h6-9,14-16H,5,10-13H2,1-4H3,(H2,22,23,24,25). The zero-order valence-corrected chi connectivity index (χ0v) is 16.4. The molecule has 0 amide bonds. The van der Waals surface area contributed by atoms with Gasteiger partial charge in [0.15, 0.2) is 0 Å². The van der Waals surface area contributed by atoms with E-state index in [-0.39, 0.29) is 0 Å². The van der Waals surface area contributed by atoms with E-state index in [2.05, 4.69) is 70.5 Å². The quantitative estimate of drug-likeness (QED) is 0.767. The second kappa shape index (κ2) is 8.39. The molecule has 3 rings (SSSR count). The lowest BCUT2D eigenvalue weighted by Crippen LogP contribution is -2.32. The van der Waals surface area contributed by atoms with Gasteiger partial charge in [0, 0.05) is 42.3 Å². The van der Waals surface area contributed by atoms with Crippen molar-refractivity contribution in [3.63, 3.8) is 0 Å². The highest BCUT2D eigenvalue weighted by atomic mass is 15.2. The van der Waals surface area contributed by atoms with Crippen LogP contribution in [-0.4, -0.2) is 29.1 Å². The van der Waals surface area contributed by atoms with Crippen LogP contribution in [0.25, 0.3) is 0 Å². The fraction of sp³-hybridized carbons (Fsp3) is 0.524. The minimum Gasteiger partial charge on any atom is -0.372 e. The maximum absolute atomic E-state index is 4.59. The van der Waals surface area contributed by atoms with Crippen LogP contribution in [0.5, 0.6) is 0 Å². The van der Waals surface area contributed by atoms with Crippen LogP contribution < -0.4 is 15.5 Å². The van der Waals surface area contributed by atoms with Crippen molar-refractivity contribution in [3.8, 4) is 0 Å². The maximum Gasteiger partial charge on any atom is 0.225 e. The molecule has 2 N–H and O–H groups in total. The van der Waals surface area contributed by atoms with Gasteiger partial charge < -0.3 is 15.5 Å². The van der Waals surface area contributed by atoms with Crippen molar-refractivity contribution in [3.05, 3.63) is 36.0 Å². The Morgan fingerprint density at radius 1 is 1.15 bits per heavy atom. The number of rotatable bonds is 6. The van der Waals surface area contributed by atoms with E-state index in [9.17, 15) is 0 Å². The summed E-state index contributed by atoms with van der Waals surface area (Å²) in [5.41, 5.74) is 3.31. The molecule has 2 heterocycles. The number of aromatic nitrogens is 2. The van der Waals surface area contributed by atoms with Crippen molar-refractivity contribution < 1.29 is 0 Å². The Kier molecular flexibility index (Phi) is 5.96. The van der Waals surface area contributed by atoms with E-state index in [1.165, 1.54) is 18.5 Å². The molecule has 0 bridgehead atoms. The van der Waals surface area contributed by atoms with Crippen LogP contribution in [0.2, 0.25) is 0 Å². The van der Waals surface area contributed by atoms with E-state index < -0.39 is 0 Å². The Hall–Kier alpha value is -2.30. The Labute approximate surface area is 157 Å². The molecule has 0 aliphatic carbocycles. The van der Waals surface area contributed by atoms with Gasteiger partial charge in [0.1, 0.15) is 5.82 Å². The summed E-state index contributed by atoms with van der Waals surface area (Å²) in [4.78, 5) is 11.5. The number of aryl methyl sites for hydroxylation is 1. The van der Waals surface area contributed by atoms with Gasteiger partial charge in [0.2, 0.25) is 5.95 Å². The van der Waals surface area contributed by atoms with Crippen molar-refractivity contribution in [2.45, 2.75) is 53.0 Å². The van der Waals surface area contributed by atoms with E-state index in [1.807, 2.05) is 13.0 Å². The largest absolute Gasteiger partial charge is 0.372 e. The molecule has 1 atom stereocenters. The van der Waals surface area contributed by atoms with E-state index in [0.717, 1.165) is 42.6 Å². The van der Waals surface area contributed by atoms with Crippen LogP contribution >= 0.6 is 0 Å². The third-order valence-electron chi connectivity index (χ3n) is 5.13. The fourth-order valence-electron chi connectivity index (χ4n) is 3.19. The number of piperidine rings is 1. The second-order valence-corrected chi connectivity index (χ2v) is 7.51. The minimum absolute atomic E-state index is 0.358. The van der Waals surface area contributed by atoms with Crippen LogP contribution in [0.3, 0.4) is 0 Å². The molecule has 0 radical (unpaired) electrons. The maximum atomic E-state index is 4.59. The fourth-order valence-corrected chi connectivity index (χ4v) is 3.19. The minimum atomic E-state index is 0.358. The van der Waals surface area contributed by atoms with Crippen LogP contribution in [-0.2, 0) is 0 Å². The molecule has 26 heavy (non-hydrogen) atoms. The molecule has 5 heteroatoms. The molecule has 1 aromatic carbocycles. The Morgan fingerprint density at radius 3 is 2.50 bits per heavy atom. The highest BCUT2D eigenvalue weighted by Gasteiger charge is 2.15. The zero-order chi connectivity index (χ0) is 18.5. The third-order valence-corrected chi connectivity index (χ3v) is 5.13. The summed E-state index contributed by atoms with van der Waals surface area (Å²) in [7, 11) is 0. The predicted molar refractivity (Wildman–Crippen MR) is 110 cm³/mol. The molecule has 1 aromatic heterocycles. The van der Waals surface area contributed by atoms with E-state index >= 15 is 0 Å². The monoisotopic (exact) mass is 353 g/mol. The highest BCUT2D eigenvalue weighted by Crippen LogP contribution is 2.25. The molecule has 5 nitrogen and oxygen atoms in total. The smallest absolute Gasteiger partial charge is 0.225 e. The molecule has 1 aliphatic rings. The summed E-state index contributed by atoms with van der Waals surface area (Å²) in [5.74, 6) is 2.36. The van der Waals surface area contributed by atoms with E-state index in [4.69, 9.17) is 0 Å². The average molecular weight is 354 g/mol. The van der Waals surface area contributed by atoms with Gasteiger partial charge in [-0.1, -0.05) is 13.8 Å². The van der Waals surface area contributed by atoms with Crippen LogP contribution in [0, 0.1) is 12.8 Å². The van der Waals surface area contributed by atoms with Gasteiger partial charge in [-0.05, 0) is 63.3 Å². The van der Waals surface area contributed by atoms with Crippen molar-refractivity contribution in [1.29, 1.82) is 0 Å². The number of hydrogen-bond donors (Lipinski definition) is 2. The number of anilines is 4. The molecular weight excluding hydrogens is 322 g/mol. The van der Waals surface area contributed by atoms with Gasteiger partial charge in [-0.25, -0.2) is 4.98 Å². The molecule has 1 aliphatic heterocycles. The molecule has 0 spiro atoms. The molecule has 1 fully saturated rings. The average Bonchev–Trinajstić information content (AvgIpc) is 2.62. The van der Waals surface area contributed by atoms with Crippen molar-refractivity contribution in [2.24, 2.45) is 5.92 Å². The first kappa shape index (κ1) is 18.5. The highest BCUT2D eigenvalue weighted by molar-refractivity contribution is 5.61. The first-order valence-corrected chi connectivity index (χ1v) is 9.77. The van der Waals surface area contributed by atoms with Gasteiger partial charge in [-0.3, -0.25) is 0 Å². The topological polar surface area (TPSA) is 53.1 Å². The SMILES string of the molecule is CCC(C)Nc1nc(C)cc(Nc2ccc(N3CCC(C)CC3)cc2)n1. The molecule has 1 unspecified atom stereocenters. The van der Waals surface area contributed by atoms with Gasteiger partial charge in [-0.15, -0.1) is 0 Å². The van der Waals surface area contributed by atoms with Crippen molar-refractivity contribution >= 4 is 23.1 Å². The Balaban J connectivity index is 1.67. The summed E-state index contributed by atoms with van der Waals surface area (Å²) >= 11 is 0. The summed E-state index contributed by atoms with van der Waals surface area (Å²) in [6.07, 6.45) is 3.61. The van der Waals surface area contributed by atoms with Crippen LogP contribution in [0.4, 0.5) is 23.1 Å². The normalized spacial score (nSPS) is 16.4. The molecule has 2 aromatic rings. The first-order valence-electron chi connectivity index (χ1n) is 9.77. The lowest BCUT2D eigenvalue weighted by atomic mass is 9.99. The van der Waals surface area contributed by atoms with Crippen LogP contribution in [0.15, 0.2) is 30.3 Å². The lowest BCUT2D eigenvalue weighted by molar-refractivity contribution is 0.438. The van der Waals surface area contributed by atoms with Crippen LogP contribution in [0.1, 0.15) is 45.7 Å². The summed E-state index contributed by atoms with van der Waals surface area (Å²) in [6.45, 7) is 10.9. The predicted octanol–water partition coefficient (Wildman–Crippen LogP) is 4.98. The second-order valence-electron chi connectivity index (χ2n) is 7.51. The Morgan fingerprint density at radius 2 is 1.85 bits per heavy atom. The molecule has 140 valence electrons. The molecule has 1 saturated heterocycles. The summed E-state index contributed by atoms with van der Waals surface area (Å²) in [5, 5.41) is 6.75. The van der Waals surface area contributed by atoms with Crippen molar-refractivity contribution in [1.82, 2.24) is 9.97 Å². The first-order chi connectivity index (χ1) is 12.5. The van der Waals surface area contributed by atoms with E-state index in [1.54, 1.807) is 0 Å². The number of nitrogens with zero attached hydrogens (tertiary/aromatic N) is 3. The van der Waals surface area contributed by atoms with Crippen molar-refractivity contribution in [2.75, 3.05) is 28.6 Å². The lowest BCUT2D eigenvalue weighted by Gasteiger charge is -2.32. The zero-order valence-electron chi connectivity index (χ0n) is 16.4. The van der Waals surface area contributed by atoms with E-state index in [0.29, 0.717) is 12.0 Å². The van der Waals surface area contributed by atoms with Gasteiger partial charge >= 0.3 is 0 Å². The summed E-state index contributed by atoms with van der Waals surface area (Å²) in [6, 6.07) is 11.0. The summed E-state index contributed by atoms with van der Waals surface area (Å²) < 4.78 is 0. The van der Waals surface area contributed by atoms with Gasteiger partial charge in [-0.2, -0.15) is 4.98 Å². The third kappa shape index (κ3) is 4.87. The number of benzene rings is 1. The Bertz CT molecular complexity index is 705. The van der Waals surface area contributed by atoms with Gasteiger partial charge in [0.05, 0.1) is 0 Å². The number of hydrogen-bond acceptors (Lipinski definition) is 5. The molecule has 0 saturated carbocycles. The molecular formula is C21H31N5.